The first-order valence-corrected chi connectivity index (χ1v) is 7.96. The van der Waals surface area contributed by atoms with Gasteiger partial charge < -0.3 is 0 Å². The largest absolute Gasteiger partial charge is 0.0850 e. The van der Waals surface area contributed by atoms with E-state index in [-0.39, 0.29) is 0 Å². The molecule has 20 heavy (non-hydrogen) atoms. The van der Waals surface area contributed by atoms with E-state index >= 15 is 0 Å². The van der Waals surface area contributed by atoms with Crippen LogP contribution >= 0.6 is 0 Å². The van der Waals surface area contributed by atoms with Crippen LogP contribution in [0.2, 0.25) is 0 Å². The molecule has 3 atom stereocenters. The number of fused-ring (bicyclic) bond motifs is 2. The molecule has 0 radical (unpaired) electrons. The predicted molar refractivity (Wildman–Crippen MR) is 87.3 cm³/mol. The Kier molecular flexibility index (Phi) is 3.58. The zero-order chi connectivity index (χ0) is 14.2. The number of allylic oxidation sites excluding steroid dienone is 3. The second-order valence-corrected chi connectivity index (χ2v) is 7.35. The molecule has 3 rings (SSSR count). The van der Waals surface area contributed by atoms with Gasteiger partial charge in [-0.05, 0) is 54.9 Å². The van der Waals surface area contributed by atoms with Gasteiger partial charge in [-0.25, -0.2) is 0 Å². The highest BCUT2D eigenvalue weighted by atomic mass is 14.5. The van der Waals surface area contributed by atoms with Crippen molar-refractivity contribution < 1.29 is 0 Å². The topological polar surface area (TPSA) is 0 Å². The van der Waals surface area contributed by atoms with Crippen LogP contribution in [-0.4, -0.2) is 0 Å². The quantitative estimate of drug-likeness (QED) is 0.601. The van der Waals surface area contributed by atoms with Gasteiger partial charge in [0.25, 0.3) is 0 Å². The molecule has 2 aliphatic rings. The van der Waals surface area contributed by atoms with E-state index in [0.717, 1.165) is 11.8 Å². The van der Waals surface area contributed by atoms with E-state index in [1.807, 2.05) is 0 Å². The SMILES string of the molecule is CC1=CC[C@H]2C[C@@H]1[C@H](/C=C/c1ccccc1)CC2(C)C. The summed E-state index contributed by atoms with van der Waals surface area (Å²) in [5.74, 6) is 2.37. The van der Waals surface area contributed by atoms with Crippen molar-refractivity contribution in [3.63, 3.8) is 0 Å². The number of hydrogen-bond donors (Lipinski definition) is 0. The summed E-state index contributed by atoms with van der Waals surface area (Å²) in [4.78, 5) is 0. The van der Waals surface area contributed by atoms with E-state index < -0.39 is 0 Å². The molecule has 0 nitrogen and oxygen atoms in total. The van der Waals surface area contributed by atoms with Crippen LogP contribution in [0.3, 0.4) is 0 Å². The van der Waals surface area contributed by atoms with Crippen molar-refractivity contribution in [3.8, 4) is 0 Å². The highest BCUT2D eigenvalue weighted by Gasteiger charge is 2.42. The Balaban J connectivity index is 1.83. The third kappa shape index (κ3) is 2.61. The molecule has 2 aliphatic carbocycles. The molecule has 1 saturated carbocycles. The lowest BCUT2D eigenvalue weighted by Crippen LogP contribution is -2.39. The van der Waals surface area contributed by atoms with Gasteiger partial charge in [-0.1, -0.05) is 68.0 Å². The van der Waals surface area contributed by atoms with Gasteiger partial charge in [0.15, 0.2) is 0 Å². The smallest absolute Gasteiger partial charge is 0.0140 e. The first-order chi connectivity index (χ1) is 9.56. The van der Waals surface area contributed by atoms with Crippen LogP contribution in [-0.2, 0) is 0 Å². The molecule has 0 unspecified atom stereocenters. The van der Waals surface area contributed by atoms with Gasteiger partial charge in [0.2, 0.25) is 0 Å². The second-order valence-electron chi connectivity index (χ2n) is 7.35. The van der Waals surface area contributed by atoms with Crippen LogP contribution in [0, 0.1) is 23.2 Å². The fourth-order valence-electron chi connectivity index (χ4n) is 4.14. The minimum Gasteiger partial charge on any atom is -0.0850 e. The first kappa shape index (κ1) is 13.7. The molecule has 1 fully saturated rings. The lowest BCUT2D eigenvalue weighted by molar-refractivity contribution is 0.0725. The Morgan fingerprint density at radius 3 is 2.65 bits per heavy atom. The fourth-order valence-corrected chi connectivity index (χ4v) is 4.14. The van der Waals surface area contributed by atoms with Crippen LogP contribution < -0.4 is 0 Å². The number of benzene rings is 1. The fraction of sp³-hybridized carbons (Fsp3) is 0.500. The molecule has 0 heterocycles. The summed E-state index contributed by atoms with van der Waals surface area (Å²) in [6.07, 6.45) is 11.3. The van der Waals surface area contributed by atoms with Gasteiger partial charge in [-0.15, -0.1) is 0 Å². The maximum Gasteiger partial charge on any atom is -0.0140 e. The normalized spacial score (nSPS) is 32.1. The Morgan fingerprint density at radius 2 is 1.90 bits per heavy atom. The van der Waals surface area contributed by atoms with Gasteiger partial charge in [0.1, 0.15) is 0 Å². The molecule has 0 aliphatic heterocycles. The molecule has 0 heteroatoms. The van der Waals surface area contributed by atoms with Gasteiger partial charge in [-0.3, -0.25) is 0 Å². The third-order valence-electron chi connectivity index (χ3n) is 5.57. The molecule has 0 N–H and O–H groups in total. The summed E-state index contributed by atoms with van der Waals surface area (Å²) in [5, 5.41) is 0. The van der Waals surface area contributed by atoms with Crippen molar-refractivity contribution in [2.24, 2.45) is 23.2 Å². The van der Waals surface area contributed by atoms with Crippen molar-refractivity contribution in [1.82, 2.24) is 0 Å². The molecule has 0 amide bonds. The van der Waals surface area contributed by atoms with Gasteiger partial charge in [0.05, 0.1) is 0 Å². The monoisotopic (exact) mass is 266 g/mol. The highest BCUT2D eigenvalue weighted by molar-refractivity contribution is 5.49. The summed E-state index contributed by atoms with van der Waals surface area (Å²) in [6, 6.07) is 10.7. The lowest BCUT2D eigenvalue weighted by Gasteiger charge is -2.48. The zero-order valence-electron chi connectivity index (χ0n) is 13.0. The minimum atomic E-state index is 0.486. The predicted octanol–water partition coefficient (Wildman–Crippen LogP) is 5.72. The van der Waals surface area contributed by atoms with E-state index in [1.54, 1.807) is 5.57 Å². The lowest BCUT2D eigenvalue weighted by atomic mass is 9.56. The Labute approximate surface area is 123 Å². The Hall–Kier alpha value is -1.30. The molecular formula is C20H26. The van der Waals surface area contributed by atoms with Gasteiger partial charge in [0, 0.05) is 0 Å². The number of rotatable bonds is 2. The maximum atomic E-state index is 2.50. The van der Waals surface area contributed by atoms with Crippen molar-refractivity contribution in [1.29, 1.82) is 0 Å². The van der Waals surface area contributed by atoms with Crippen molar-refractivity contribution in [2.75, 3.05) is 0 Å². The van der Waals surface area contributed by atoms with Crippen LogP contribution in [0.1, 0.15) is 45.6 Å². The zero-order valence-corrected chi connectivity index (χ0v) is 13.0. The standard InChI is InChI=1S/C20H26/c1-15-9-12-18-13-19(15)17(14-20(18,2)3)11-10-16-7-5-4-6-8-16/h4-11,17-19H,12-14H2,1-3H3/b11-10+/t17-,18+,19+/m1/s1. The maximum absolute atomic E-state index is 2.50. The van der Waals surface area contributed by atoms with E-state index in [2.05, 4.69) is 69.3 Å². The summed E-state index contributed by atoms with van der Waals surface area (Å²) < 4.78 is 0. The van der Waals surface area contributed by atoms with Crippen molar-refractivity contribution in [3.05, 3.63) is 53.6 Å². The second kappa shape index (κ2) is 5.24. The average Bonchev–Trinajstić information content (AvgIpc) is 2.44. The molecule has 0 saturated heterocycles. The van der Waals surface area contributed by atoms with E-state index in [9.17, 15) is 0 Å². The summed E-state index contributed by atoms with van der Waals surface area (Å²) in [6.45, 7) is 7.26. The summed E-state index contributed by atoms with van der Waals surface area (Å²) in [5.41, 5.74) is 3.43. The van der Waals surface area contributed by atoms with E-state index in [0.29, 0.717) is 11.3 Å². The Morgan fingerprint density at radius 1 is 1.15 bits per heavy atom. The average molecular weight is 266 g/mol. The van der Waals surface area contributed by atoms with Crippen LogP contribution in [0.25, 0.3) is 6.08 Å². The molecule has 1 aromatic carbocycles. The molecule has 2 bridgehead atoms. The highest BCUT2D eigenvalue weighted by Crippen LogP contribution is 2.52. The molecule has 1 aromatic rings. The first-order valence-electron chi connectivity index (χ1n) is 7.96. The molecule has 0 spiro atoms. The van der Waals surface area contributed by atoms with E-state index in [1.165, 1.54) is 24.8 Å². The van der Waals surface area contributed by atoms with Crippen LogP contribution in [0.4, 0.5) is 0 Å². The number of hydrogen-bond acceptors (Lipinski definition) is 0. The summed E-state index contributed by atoms with van der Waals surface area (Å²) >= 11 is 0. The minimum absolute atomic E-state index is 0.486. The van der Waals surface area contributed by atoms with Crippen molar-refractivity contribution >= 4 is 6.08 Å². The van der Waals surface area contributed by atoms with Crippen LogP contribution in [0.5, 0.6) is 0 Å². The third-order valence-corrected chi connectivity index (χ3v) is 5.57. The molecule has 0 aromatic heterocycles. The summed E-state index contributed by atoms with van der Waals surface area (Å²) in [7, 11) is 0. The molecular weight excluding hydrogens is 240 g/mol. The Bertz CT molecular complexity index is 518. The van der Waals surface area contributed by atoms with Gasteiger partial charge >= 0.3 is 0 Å². The van der Waals surface area contributed by atoms with Gasteiger partial charge in [-0.2, -0.15) is 0 Å². The van der Waals surface area contributed by atoms with E-state index in [4.69, 9.17) is 0 Å². The van der Waals surface area contributed by atoms with Crippen molar-refractivity contribution in [2.45, 2.75) is 40.0 Å². The molecule has 106 valence electrons. The van der Waals surface area contributed by atoms with Crippen LogP contribution in [0.15, 0.2) is 48.1 Å².